The van der Waals surface area contributed by atoms with Gasteiger partial charge in [-0.15, -0.1) is 0 Å². The molecule has 4 heteroatoms. The van der Waals surface area contributed by atoms with Crippen molar-refractivity contribution in [3.63, 3.8) is 0 Å². The molecule has 0 saturated carbocycles. The molecule has 0 aliphatic heterocycles. The van der Waals surface area contributed by atoms with Crippen LogP contribution in [0.25, 0.3) is 0 Å². The van der Waals surface area contributed by atoms with Crippen molar-refractivity contribution in [2.45, 2.75) is 65.5 Å². The summed E-state index contributed by atoms with van der Waals surface area (Å²) in [7, 11) is 0. The Bertz CT molecular complexity index is 745. The molecule has 2 aromatic rings. The highest BCUT2D eigenvalue weighted by atomic mass is 32.1. The van der Waals surface area contributed by atoms with Crippen molar-refractivity contribution in [3.05, 3.63) is 58.9 Å². The molecule has 0 amide bonds. The lowest BCUT2D eigenvalue weighted by atomic mass is 9.79. The molecular weight excluding hydrogens is 352 g/mol. The second kappa shape index (κ2) is 8.66. The van der Waals surface area contributed by atoms with Gasteiger partial charge in [0, 0.05) is 37.1 Å². The van der Waals surface area contributed by atoms with Crippen LogP contribution in [0.4, 0.5) is 0 Å². The Morgan fingerprint density at radius 3 is 2.22 bits per heavy atom. The minimum Gasteiger partial charge on any atom is -0.507 e. The van der Waals surface area contributed by atoms with Crippen LogP contribution in [0, 0.1) is 0 Å². The van der Waals surface area contributed by atoms with E-state index in [4.69, 9.17) is 0 Å². The second-order valence-corrected chi connectivity index (χ2v) is 9.73. The van der Waals surface area contributed by atoms with Crippen LogP contribution < -0.4 is 0 Å². The number of benzene rings is 1. The van der Waals surface area contributed by atoms with Gasteiger partial charge in [-0.05, 0) is 34.1 Å². The predicted octanol–water partition coefficient (Wildman–Crippen LogP) is 5.31. The highest BCUT2D eigenvalue weighted by Gasteiger charge is 2.25. The number of hydrogen-bond acceptors (Lipinski definition) is 4. The number of pyridine rings is 1. The topological polar surface area (TPSA) is 36.4 Å². The third-order valence-corrected chi connectivity index (χ3v) is 4.98. The zero-order chi connectivity index (χ0) is 20.2. The second-order valence-electron chi connectivity index (χ2n) is 9.29. The van der Waals surface area contributed by atoms with Gasteiger partial charge in [-0.1, -0.05) is 59.7 Å². The van der Waals surface area contributed by atoms with Crippen molar-refractivity contribution in [1.29, 1.82) is 0 Å². The van der Waals surface area contributed by atoms with Crippen LogP contribution in [0.3, 0.4) is 0 Å². The Morgan fingerprint density at radius 1 is 1.00 bits per heavy atom. The van der Waals surface area contributed by atoms with Gasteiger partial charge in [0.15, 0.2) is 0 Å². The summed E-state index contributed by atoms with van der Waals surface area (Å²) in [5, 5.41) is 11.0. The summed E-state index contributed by atoms with van der Waals surface area (Å²) in [5.74, 6) is 1.18. The van der Waals surface area contributed by atoms with Crippen molar-refractivity contribution in [2.75, 3.05) is 12.3 Å². The van der Waals surface area contributed by atoms with Gasteiger partial charge in [0.25, 0.3) is 0 Å². The maximum Gasteiger partial charge on any atom is 0.123 e. The molecule has 1 N–H and O–H groups in total. The SMILES string of the molecule is CC(C)(C)c1cc(CN(CCS)Cc2ccccn2)c(O)c(C(C)(C)C)c1. The Labute approximate surface area is 170 Å². The van der Waals surface area contributed by atoms with Crippen molar-refractivity contribution in [3.8, 4) is 5.75 Å². The summed E-state index contributed by atoms with van der Waals surface area (Å²) in [6.45, 7) is 15.4. The van der Waals surface area contributed by atoms with Gasteiger partial charge in [-0.2, -0.15) is 12.6 Å². The van der Waals surface area contributed by atoms with Crippen LogP contribution in [-0.4, -0.2) is 27.3 Å². The molecule has 0 bridgehead atoms. The number of hydrogen-bond donors (Lipinski definition) is 2. The van der Waals surface area contributed by atoms with Crippen LogP contribution in [0.5, 0.6) is 5.75 Å². The van der Waals surface area contributed by atoms with Gasteiger partial charge >= 0.3 is 0 Å². The average molecular weight is 387 g/mol. The number of rotatable bonds is 6. The highest BCUT2D eigenvalue weighted by molar-refractivity contribution is 7.80. The molecule has 0 radical (unpaired) electrons. The Hall–Kier alpha value is -1.52. The summed E-state index contributed by atoms with van der Waals surface area (Å²) in [6.07, 6.45) is 1.82. The third-order valence-electron chi connectivity index (χ3n) is 4.78. The number of thiol groups is 1. The zero-order valence-electron chi connectivity index (χ0n) is 17.6. The first-order chi connectivity index (χ1) is 12.5. The van der Waals surface area contributed by atoms with Gasteiger partial charge < -0.3 is 5.11 Å². The number of nitrogens with zero attached hydrogens (tertiary/aromatic N) is 2. The fourth-order valence-corrected chi connectivity index (χ4v) is 3.42. The van der Waals surface area contributed by atoms with Gasteiger partial charge in [-0.3, -0.25) is 9.88 Å². The number of phenolic OH excluding ortho intramolecular Hbond substituents is 1. The van der Waals surface area contributed by atoms with Crippen molar-refractivity contribution in [1.82, 2.24) is 9.88 Å². The molecule has 0 spiro atoms. The number of aromatic hydroxyl groups is 1. The van der Waals surface area contributed by atoms with E-state index in [0.717, 1.165) is 35.7 Å². The number of phenols is 1. The summed E-state index contributed by atoms with van der Waals surface area (Å²) < 4.78 is 0. The zero-order valence-corrected chi connectivity index (χ0v) is 18.5. The lowest BCUT2D eigenvalue weighted by Gasteiger charge is -2.29. The standard InChI is InChI=1S/C23H34N2OS/c1-22(2,3)18-13-17(21(26)20(14-18)23(4,5)6)15-25(11-12-27)16-19-9-7-8-10-24-19/h7-10,13-14,26-27H,11-12,15-16H2,1-6H3. The van der Waals surface area contributed by atoms with E-state index < -0.39 is 0 Å². The minimum absolute atomic E-state index is 0.0256. The van der Waals surface area contributed by atoms with Crippen LogP contribution in [0.15, 0.2) is 36.5 Å². The van der Waals surface area contributed by atoms with E-state index in [0.29, 0.717) is 12.3 Å². The Morgan fingerprint density at radius 2 is 1.70 bits per heavy atom. The largest absolute Gasteiger partial charge is 0.507 e. The maximum atomic E-state index is 11.0. The molecule has 2 rings (SSSR count). The van der Waals surface area contributed by atoms with Crippen molar-refractivity contribution >= 4 is 12.6 Å². The first-order valence-electron chi connectivity index (χ1n) is 9.62. The van der Waals surface area contributed by atoms with Gasteiger partial charge in [-0.25, -0.2) is 0 Å². The molecule has 0 unspecified atom stereocenters. The third kappa shape index (κ3) is 5.98. The van der Waals surface area contributed by atoms with E-state index in [1.54, 1.807) is 0 Å². The van der Waals surface area contributed by atoms with Gasteiger partial charge in [0.2, 0.25) is 0 Å². The molecule has 0 atom stereocenters. The van der Waals surface area contributed by atoms with Crippen molar-refractivity contribution < 1.29 is 5.11 Å². The molecule has 27 heavy (non-hydrogen) atoms. The van der Waals surface area contributed by atoms with E-state index in [1.807, 2.05) is 24.4 Å². The molecule has 0 fully saturated rings. The normalized spacial score (nSPS) is 12.6. The first kappa shape index (κ1) is 21.8. The van der Waals surface area contributed by atoms with E-state index in [2.05, 4.69) is 76.2 Å². The van der Waals surface area contributed by atoms with E-state index in [9.17, 15) is 5.11 Å². The first-order valence-corrected chi connectivity index (χ1v) is 10.3. The lowest BCUT2D eigenvalue weighted by molar-refractivity contribution is 0.265. The van der Waals surface area contributed by atoms with E-state index in [-0.39, 0.29) is 10.8 Å². The van der Waals surface area contributed by atoms with Crippen molar-refractivity contribution in [2.24, 2.45) is 0 Å². The molecule has 148 valence electrons. The van der Waals surface area contributed by atoms with E-state index >= 15 is 0 Å². The lowest BCUT2D eigenvalue weighted by Crippen LogP contribution is -2.26. The number of aromatic nitrogens is 1. The summed E-state index contributed by atoms with van der Waals surface area (Å²) >= 11 is 4.43. The molecule has 0 aliphatic rings. The summed E-state index contributed by atoms with van der Waals surface area (Å²) in [5.41, 5.74) is 4.18. The smallest absolute Gasteiger partial charge is 0.123 e. The fraction of sp³-hybridized carbons (Fsp3) is 0.522. The molecule has 0 aliphatic carbocycles. The van der Waals surface area contributed by atoms with Crippen LogP contribution >= 0.6 is 12.6 Å². The molecular formula is C23H34N2OS. The van der Waals surface area contributed by atoms with Crippen LogP contribution in [0.1, 0.15) is 63.9 Å². The summed E-state index contributed by atoms with van der Waals surface area (Å²) in [6, 6.07) is 10.3. The highest BCUT2D eigenvalue weighted by Crippen LogP contribution is 2.38. The molecule has 1 heterocycles. The summed E-state index contributed by atoms with van der Waals surface area (Å²) in [4.78, 5) is 6.74. The van der Waals surface area contributed by atoms with Gasteiger partial charge in [0.05, 0.1) is 5.69 Å². The monoisotopic (exact) mass is 386 g/mol. The fourth-order valence-electron chi connectivity index (χ4n) is 3.14. The van der Waals surface area contributed by atoms with Crippen LogP contribution in [-0.2, 0) is 23.9 Å². The predicted molar refractivity (Wildman–Crippen MR) is 118 cm³/mol. The molecule has 0 saturated heterocycles. The molecule has 3 nitrogen and oxygen atoms in total. The Kier molecular flexibility index (Phi) is 6.98. The maximum absolute atomic E-state index is 11.0. The van der Waals surface area contributed by atoms with E-state index in [1.165, 1.54) is 5.56 Å². The Balaban J connectivity index is 2.42. The molecule has 1 aromatic carbocycles. The quantitative estimate of drug-likeness (QED) is 0.660. The average Bonchev–Trinajstić information content (AvgIpc) is 2.55. The van der Waals surface area contributed by atoms with Gasteiger partial charge in [0.1, 0.15) is 5.75 Å². The minimum atomic E-state index is -0.116. The van der Waals surface area contributed by atoms with Crippen LogP contribution in [0.2, 0.25) is 0 Å². The molecule has 1 aromatic heterocycles.